The van der Waals surface area contributed by atoms with Crippen LogP contribution in [0, 0.1) is 0 Å². The molecule has 27 heavy (non-hydrogen) atoms. The topological polar surface area (TPSA) is 265 Å². The lowest BCUT2D eigenvalue weighted by Crippen LogP contribution is -2.73. The van der Waals surface area contributed by atoms with E-state index < -0.39 is 60.3 Å². The van der Waals surface area contributed by atoms with Gasteiger partial charge in [0.05, 0.1) is 30.5 Å². The van der Waals surface area contributed by atoms with Gasteiger partial charge in [-0.1, -0.05) is 0 Å². The van der Waals surface area contributed by atoms with Crippen LogP contribution in [0.25, 0.3) is 0 Å². The first-order valence-electron chi connectivity index (χ1n) is 7.58. The molecule has 0 aliphatic rings. The molecule has 0 radical (unpaired) electrons. The molecule has 0 spiro atoms. The van der Waals surface area contributed by atoms with Crippen LogP contribution < -0.4 is 17.2 Å². The molecule has 0 saturated carbocycles. The molecule has 0 aromatic carbocycles. The summed E-state index contributed by atoms with van der Waals surface area (Å²) in [4.78, 5) is 51.5. The maximum Gasteiger partial charge on any atom is 0.306 e. The highest BCUT2D eigenvalue weighted by Crippen LogP contribution is 2.24. The van der Waals surface area contributed by atoms with Crippen LogP contribution in [0.3, 0.4) is 0 Å². The molecule has 0 saturated heterocycles. The molecule has 0 unspecified atom stereocenters. The van der Waals surface area contributed by atoms with Crippen LogP contribution in [-0.4, -0.2) is 66.6 Å². The largest absolute Gasteiger partial charge is 0.481 e. The zero-order chi connectivity index (χ0) is 21.8. The van der Waals surface area contributed by atoms with E-state index in [4.69, 9.17) is 42.7 Å². The van der Waals surface area contributed by atoms with Gasteiger partial charge in [-0.05, 0) is 12.8 Å². The Morgan fingerprint density at radius 2 is 0.852 bits per heavy atom. The summed E-state index contributed by atoms with van der Waals surface area (Å²) in [6.45, 7) is 0. The molecule has 0 aromatic heterocycles. The monoisotopic (exact) mass is 395 g/mol. The normalized spacial score (nSPS) is 11.1. The number of hydrogen-bond acceptors (Lipinski definition) is 8. The SMILES string of the molecule is NC(N)(CC(=O)O)C(N)(CC(=O)O)CC(=O)O.O=C(O)CCCCC(=O)O. The average molecular weight is 395 g/mol. The zero-order valence-corrected chi connectivity index (χ0v) is 14.5. The summed E-state index contributed by atoms with van der Waals surface area (Å²) in [6, 6.07) is 0. The van der Waals surface area contributed by atoms with E-state index in [1.165, 1.54) is 0 Å². The van der Waals surface area contributed by atoms with Crippen molar-refractivity contribution in [3.8, 4) is 0 Å². The van der Waals surface area contributed by atoms with Gasteiger partial charge in [-0.25, -0.2) is 0 Å². The molecule has 0 bridgehead atoms. The van der Waals surface area contributed by atoms with Gasteiger partial charge >= 0.3 is 29.8 Å². The lowest BCUT2D eigenvalue weighted by atomic mass is 9.78. The van der Waals surface area contributed by atoms with Crippen LogP contribution in [0.2, 0.25) is 0 Å². The van der Waals surface area contributed by atoms with Crippen LogP contribution in [0.5, 0.6) is 0 Å². The van der Waals surface area contributed by atoms with Gasteiger partial charge in [0.15, 0.2) is 0 Å². The minimum Gasteiger partial charge on any atom is -0.481 e. The summed E-state index contributed by atoms with van der Waals surface area (Å²) in [5.41, 5.74) is 12.2. The second kappa shape index (κ2) is 11.8. The molecule has 0 aliphatic heterocycles. The van der Waals surface area contributed by atoms with Crippen LogP contribution in [-0.2, 0) is 24.0 Å². The van der Waals surface area contributed by atoms with E-state index in [2.05, 4.69) is 0 Å². The standard InChI is InChI=1S/C8H15N3O6.C6H10O4/c9-7(1-4(12)13,2-5(14)15)8(10,11)3-6(16)17;7-5(8)3-1-2-4-6(9)10/h1-3,9-11H2,(H,12,13)(H,14,15)(H,16,17);1-4H2,(H,7,8)(H,9,10). The summed E-state index contributed by atoms with van der Waals surface area (Å²) in [5.74, 6) is -5.98. The van der Waals surface area contributed by atoms with E-state index in [9.17, 15) is 24.0 Å². The summed E-state index contributed by atoms with van der Waals surface area (Å²) in [5, 5.41) is 42.1. The first-order valence-corrected chi connectivity index (χ1v) is 7.58. The second-order valence-corrected chi connectivity index (χ2v) is 5.90. The Bertz CT molecular complexity index is 529. The second-order valence-electron chi connectivity index (χ2n) is 5.90. The van der Waals surface area contributed by atoms with Crippen molar-refractivity contribution in [1.82, 2.24) is 0 Å². The molecule has 0 atom stereocenters. The van der Waals surface area contributed by atoms with Crippen LogP contribution in [0.1, 0.15) is 44.9 Å². The van der Waals surface area contributed by atoms with Gasteiger partial charge in [-0.2, -0.15) is 0 Å². The lowest BCUT2D eigenvalue weighted by molar-refractivity contribution is -0.146. The number of unbranched alkanes of at least 4 members (excludes halogenated alkanes) is 1. The minimum absolute atomic E-state index is 0.0628. The van der Waals surface area contributed by atoms with Crippen molar-refractivity contribution in [2.75, 3.05) is 0 Å². The third-order valence-electron chi connectivity index (χ3n) is 3.34. The number of rotatable bonds is 12. The molecule has 0 rings (SSSR count). The highest BCUT2D eigenvalue weighted by atomic mass is 16.4. The van der Waals surface area contributed by atoms with Crippen molar-refractivity contribution in [3.05, 3.63) is 0 Å². The van der Waals surface area contributed by atoms with Gasteiger partial charge in [0, 0.05) is 12.8 Å². The van der Waals surface area contributed by atoms with Crippen molar-refractivity contribution in [1.29, 1.82) is 0 Å². The third-order valence-corrected chi connectivity index (χ3v) is 3.34. The number of carboxylic acid groups (broad SMARTS) is 5. The Morgan fingerprint density at radius 1 is 0.556 bits per heavy atom. The van der Waals surface area contributed by atoms with Gasteiger partial charge in [-0.3, -0.25) is 24.0 Å². The summed E-state index contributed by atoms with van der Waals surface area (Å²) >= 11 is 0. The maximum absolute atomic E-state index is 10.6. The molecule has 0 heterocycles. The Morgan fingerprint density at radius 3 is 1.07 bits per heavy atom. The molecule has 0 aliphatic carbocycles. The smallest absolute Gasteiger partial charge is 0.306 e. The molecule has 13 heteroatoms. The van der Waals surface area contributed by atoms with Crippen molar-refractivity contribution in [2.24, 2.45) is 17.2 Å². The van der Waals surface area contributed by atoms with Crippen LogP contribution >= 0.6 is 0 Å². The van der Waals surface area contributed by atoms with Crippen molar-refractivity contribution >= 4 is 29.8 Å². The number of aliphatic carboxylic acids is 5. The first-order chi connectivity index (χ1) is 12.1. The summed E-state index contributed by atoms with van der Waals surface area (Å²) in [7, 11) is 0. The van der Waals surface area contributed by atoms with Crippen LogP contribution in [0.15, 0.2) is 0 Å². The number of hydrogen-bond donors (Lipinski definition) is 8. The van der Waals surface area contributed by atoms with Gasteiger partial charge in [0.2, 0.25) is 0 Å². The quantitative estimate of drug-likeness (QED) is 0.137. The third kappa shape index (κ3) is 13.1. The van der Waals surface area contributed by atoms with E-state index in [1.54, 1.807) is 0 Å². The molecular weight excluding hydrogens is 370 g/mol. The Labute approximate surface area is 153 Å². The van der Waals surface area contributed by atoms with Gasteiger partial charge < -0.3 is 42.7 Å². The fraction of sp³-hybridized carbons (Fsp3) is 0.643. The first kappa shape index (κ1) is 26.5. The molecule has 0 aromatic rings. The summed E-state index contributed by atoms with van der Waals surface area (Å²) < 4.78 is 0. The highest BCUT2D eigenvalue weighted by molar-refractivity contribution is 5.75. The predicted molar refractivity (Wildman–Crippen MR) is 88.5 cm³/mol. The number of carbonyl (C=O) groups is 5. The van der Waals surface area contributed by atoms with E-state index in [-0.39, 0.29) is 12.8 Å². The molecule has 0 amide bonds. The average Bonchev–Trinajstić information content (AvgIpc) is 2.40. The maximum atomic E-state index is 10.6. The fourth-order valence-corrected chi connectivity index (χ4v) is 1.91. The van der Waals surface area contributed by atoms with E-state index in [0.29, 0.717) is 12.8 Å². The van der Waals surface area contributed by atoms with Gasteiger partial charge in [0.25, 0.3) is 0 Å². The van der Waals surface area contributed by atoms with Crippen molar-refractivity contribution in [3.63, 3.8) is 0 Å². The fourth-order valence-electron chi connectivity index (χ4n) is 1.91. The predicted octanol–water partition coefficient (Wildman–Crippen LogP) is -1.56. The van der Waals surface area contributed by atoms with E-state index in [1.807, 2.05) is 0 Å². The van der Waals surface area contributed by atoms with Gasteiger partial charge in [0.1, 0.15) is 0 Å². The molecule has 0 fully saturated rings. The Kier molecular flexibility index (Phi) is 11.5. The molecule has 11 N–H and O–H groups in total. The number of carboxylic acids is 5. The number of nitrogens with two attached hydrogens (primary N) is 3. The molecule has 13 nitrogen and oxygen atoms in total. The van der Waals surface area contributed by atoms with E-state index in [0.717, 1.165) is 0 Å². The van der Waals surface area contributed by atoms with Crippen LogP contribution in [0.4, 0.5) is 0 Å². The zero-order valence-electron chi connectivity index (χ0n) is 14.5. The molecule has 156 valence electrons. The Hall–Kier alpha value is -2.77. The van der Waals surface area contributed by atoms with Gasteiger partial charge in [-0.15, -0.1) is 0 Å². The van der Waals surface area contributed by atoms with E-state index >= 15 is 0 Å². The molecular formula is C14H25N3O10. The van der Waals surface area contributed by atoms with Crippen molar-refractivity contribution in [2.45, 2.75) is 56.1 Å². The van der Waals surface area contributed by atoms with Crippen molar-refractivity contribution < 1.29 is 49.5 Å². The lowest BCUT2D eigenvalue weighted by Gasteiger charge is -2.40. The minimum atomic E-state index is -2.14. The highest BCUT2D eigenvalue weighted by Gasteiger charge is 2.47. The Balaban J connectivity index is 0. The summed E-state index contributed by atoms with van der Waals surface area (Å²) in [6.07, 6.45) is -1.52.